The molecule has 0 atom stereocenters. The number of carbonyl (C=O) groups is 1. The number of phenols is 1. The molecule has 6 nitrogen and oxygen atoms in total. The summed E-state index contributed by atoms with van der Waals surface area (Å²) in [5.41, 5.74) is 8.07. The van der Waals surface area contributed by atoms with Crippen LogP contribution in [0.25, 0.3) is 0 Å². The summed E-state index contributed by atoms with van der Waals surface area (Å²) in [5.74, 6) is -0.102. The van der Waals surface area contributed by atoms with E-state index in [9.17, 15) is 9.90 Å². The van der Waals surface area contributed by atoms with Gasteiger partial charge in [-0.25, -0.2) is 0 Å². The lowest BCUT2D eigenvalue weighted by atomic mass is 10.2. The molecule has 2 aromatic rings. The van der Waals surface area contributed by atoms with Gasteiger partial charge < -0.3 is 15.7 Å². The standard InChI is InChI=1S/C15H20N4O2/c1-4-18(11-7-6-8-12(20)9-11)15(21)14-13(16)10(3)17-19(14)5-2/h6-9,20H,4-5,16H2,1-3H3. The monoisotopic (exact) mass is 288 g/mol. The molecule has 112 valence electrons. The SMILES string of the molecule is CCN(C(=O)c1c(N)c(C)nn1CC)c1cccc(O)c1. The Morgan fingerprint density at radius 3 is 2.71 bits per heavy atom. The Hall–Kier alpha value is -2.50. The summed E-state index contributed by atoms with van der Waals surface area (Å²) in [6.07, 6.45) is 0. The van der Waals surface area contributed by atoms with Crippen LogP contribution in [0.4, 0.5) is 11.4 Å². The summed E-state index contributed by atoms with van der Waals surface area (Å²) in [5, 5.41) is 13.9. The lowest BCUT2D eigenvalue weighted by molar-refractivity contribution is 0.0979. The summed E-state index contributed by atoms with van der Waals surface area (Å²) in [7, 11) is 0. The molecule has 0 radical (unpaired) electrons. The van der Waals surface area contributed by atoms with E-state index < -0.39 is 0 Å². The van der Waals surface area contributed by atoms with Crippen LogP contribution >= 0.6 is 0 Å². The van der Waals surface area contributed by atoms with Crippen molar-refractivity contribution in [1.29, 1.82) is 0 Å². The minimum Gasteiger partial charge on any atom is -0.508 e. The van der Waals surface area contributed by atoms with Crippen LogP contribution in [0.2, 0.25) is 0 Å². The Labute approximate surface area is 123 Å². The number of anilines is 2. The van der Waals surface area contributed by atoms with E-state index in [-0.39, 0.29) is 11.7 Å². The molecule has 0 bridgehead atoms. The first-order chi connectivity index (χ1) is 9.99. The van der Waals surface area contributed by atoms with Gasteiger partial charge in [-0.2, -0.15) is 5.10 Å². The highest BCUT2D eigenvalue weighted by molar-refractivity contribution is 6.08. The molecule has 0 aliphatic rings. The zero-order valence-corrected chi connectivity index (χ0v) is 12.5. The second-order valence-corrected chi connectivity index (χ2v) is 4.73. The van der Waals surface area contributed by atoms with E-state index in [1.54, 1.807) is 40.8 Å². The number of rotatable bonds is 4. The van der Waals surface area contributed by atoms with Crippen molar-refractivity contribution in [2.45, 2.75) is 27.3 Å². The first-order valence-corrected chi connectivity index (χ1v) is 6.93. The smallest absolute Gasteiger partial charge is 0.278 e. The van der Waals surface area contributed by atoms with Gasteiger partial charge in [0.05, 0.1) is 11.4 Å². The number of carbonyl (C=O) groups excluding carboxylic acids is 1. The van der Waals surface area contributed by atoms with E-state index in [2.05, 4.69) is 5.10 Å². The van der Waals surface area contributed by atoms with E-state index in [1.807, 2.05) is 13.8 Å². The van der Waals surface area contributed by atoms with Crippen molar-refractivity contribution in [3.05, 3.63) is 35.7 Å². The third-order valence-electron chi connectivity index (χ3n) is 3.38. The molecule has 21 heavy (non-hydrogen) atoms. The molecule has 1 heterocycles. The predicted octanol–water partition coefficient (Wildman–Crippen LogP) is 2.17. The second kappa shape index (κ2) is 5.87. The number of benzene rings is 1. The molecule has 0 aliphatic carbocycles. The van der Waals surface area contributed by atoms with Crippen molar-refractivity contribution in [3.63, 3.8) is 0 Å². The van der Waals surface area contributed by atoms with Crippen LogP contribution in [0.15, 0.2) is 24.3 Å². The molecule has 3 N–H and O–H groups in total. The zero-order chi connectivity index (χ0) is 15.6. The van der Waals surface area contributed by atoms with Crippen LogP contribution in [-0.4, -0.2) is 27.3 Å². The zero-order valence-electron chi connectivity index (χ0n) is 12.5. The Morgan fingerprint density at radius 2 is 2.14 bits per heavy atom. The first-order valence-electron chi connectivity index (χ1n) is 6.93. The fourth-order valence-electron chi connectivity index (χ4n) is 2.28. The average Bonchev–Trinajstić information content (AvgIpc) is 2.75. The number of nitrogen functional groups attached to an aromatic ring is 1. The van der Waals surface area contributed by atoms with Crippen molar-refractivity contribution in [2.24, 2.45) is 0 Å². The van der Waals surface area contributed by atoms with Gasteiger partial charge in [-0.3, -0.25) is 9.48 Å². The number of aromatic nitrogens is 2. The number of hydrogen-bond donors (Lipinski definition) is 2. The minimum atomic E-state index is -0.219. The lowest BCUT2D eigenvalue weighted by Crippen LogP contribution is -2.33. The van der Waals surface area contributed by atoms with Crippen molar-refractivity contribution in [1.82, 2.24) is 9.78 Å². The van der Waals surface area contributed by atoms with Crippen molar-refractivity contribution in [3.8, 4) is 5.75 Å². The molecular formula is C15H20N4O2. The van der Waals surface area contributed by atoms with Gasteiger partial charge in [-0.05, 0) is 32.9 Å². The van der Waals surface area contributed by atoms with E-state index in [1.165, 1.54) is 0 Å². The maximum absolute atomic E-state index is 12.8. The molecule has 0 saturated carbocycles. The number of aryl methyl sites for hydroxylation is 2. The molecule has 0 spiro atoms. The fourth-order valence-corrected chi connectivity index (χ4v) is 2.28. The highest BCUT2D eigenvalue weighted by Crippen LogP contribution is 2.24. The number of aromatic hydroxyl groups is 1. The summed E-state index contributed by atoms with van der Waals surface area (Å²) in [6, 6.07) is 6.59. The topological polar surface area (TPSA) is 84.4 Å². The highest BCUT2D eigenvalue weighted by atomic mass is 16.3. The van der Waals surface area contributed by atoms with Gasteiger partial charge in [0.1, 0.15) is 11.4 Å². The van der Waals surface area contributed by atoms with Crippen LogP contribution in [0.5, 0.6) is 5.75 Å². The van der Waals surface area contributed by atoms with Crippen LogP contribution in [0.3, 0.4) is 0 Å². The summed E-state index contributed by atoms with van der Waals surface area (Å²) in [6.45, 7) is 6.60. The largest absolute Gasteiger partial charge is 0.508 e. The van der Waals surface area contributed by atoms with Gasteiger partial charge in [-0.1, -0.05) is 6.07 Å². The molecule has 6 heteroatoms. The quantitative estimate of drug-likeness (QED) is 0.903. The normalized spacial score (nSPS) is 10.6. The van der Waals surface area contributed by atoms with Crippen LogP contribution in [0, 0.1) is 6.92 Å². The Balaban J connectivity index is 2.46. The summed E-state index contributed by atoms with van der Waals surface area (Å²) < 4.78 is 1.61. The molecular weight excluding hydrogens is 268 g/mol. The van der Waals surface area contributed by atoms with Crippen molar-refractivity contribution >= 4 is 17.3 Å². The van der Waals surface area contributed by atoms with Crippen LogP contribution in [0.1, 0.15) is 30.0 Å². The van der Waals surface area contributed by atoms with Crippen LogP contribution in [-0.2, 0) is 6.54 Å². The summed E-state index contributed by atoms with van der Waals surface area (Å²) in [4.78, 5) is 14.4. The number of amides is 1. The lowest BCUT2D eigenvalue weighted by Gasteiger charge is -2.21. The average molecular weight is 288 g/mol. The van der Waals surface area contributed by atoms with E-state index in [4.69, 9.17) is 5.73 Å². The molecule has 2 rings (SSSR count). The number of hydrogen-bond acceptors (Lipinski definition) is 4. The van der Waals surface area contributed by atoms with E-state index in [0.717, 1.165) is 0 Å². The van der Waals surface area contributed by atoms with Gasteiger partial charge in [-0.15, -0.1) is 0 Å². The number of phenolic OH excluding ortho intramolecular Hbond substituents is 1. The van der Waals surface area contributed by atoms with Gasteiger partial charge in [0.25, 0.3) is 5.91 Å². The maximum Gasteiger partial charge on any atom is 0.278 e. The Kier molecular flexibility index (Phi) is 4.16. The van der Waals surface area contributed by atoms with Gasteiger partial charge in [0, 0.05) is 24.8 Å². The third kappa shape index (κ3) is 2.69. The third-order valence-corrected chi connectivity index (χ3v) is 3.38. The number of nitrogens with zero attached hydrogens (tertiary/aromatic N) is 3. The van der Waals surface area contributed by atoms with Crippen molar-refractivity contribution in [2.75, 3.05) is 17.2 Å². The Morgan fingerprint density at radius 1 is 1.43 bits per heavy atom. The van der Waals surface area contributed by atoms with Gasteiger partial charge in [0.15, 0.2) is 0 Å². The van der Waals surface area contributed by atoms with Crippen molar-refractivity contribution < 1.29 is 9.90 Å². The second-order valence-electron chi connectivity index (χ2n) is 4.73. The maximum atomic E-state index is 12.8. The van der Waals surface area contributed by atoms with E-state index >= 15 is 0 Å². The molecule has 0 aliphatic heterocycles. The first kappa shape index (κ1) is 14.9. The Bertz CT molecular complexity index is 664. The van der Waals surface area contributed by atoms with E-state index in [0.29, 0.717) is 35.9 Å². The molecule has 0 saturated heterocycles. The molecule has 1 aromatic heterocycles. The minimum absolute atomic E-state index is 0.118. The van der Waals surface area contributed by atoms with Crippen LogP contribution < -0.4 is 10.6 Å². The summed E-state index contributed by atoms with van der Waals surface area (Å²) >= 11 is 0. The molecule has 0 fully saturated rings. The predicted molar refractivity (Wildman–Crippen MR) is 82.5 cm³/mol. The fraction of sp³-hybridized carbons (Fsp3) is 0.333. The number of nitrogens with two attached hydrogens (primary N) is 1. The molecule has 1 amide bonds. The van der Waals surface area contributed by atoms with Gasteiger partial charge in [0.2, 0.25) is 0 Å². The van der Waals surface area contributed by atoms with Gasteiger partial charge >= 0.3 is 0 Å². The highest BCUT2D eigenvalue weighted by Gasteiger charge is 2.24. The molecule has 1 aromatic carbocycles. The molecule has 0 unspecified atom stereocenters.